The predicted octanol–water partition coefficient (Wildman–Crippen LogP) is 3.42. The first-order valence-corrected chi connectivity index (χ1v) is 6.02. The van der Waals surface area contributed by atoms with Gasteiger partial charge in [-0.05, 0) is 31.0 Å². The minimum absolute atomic E-state index is 0.151. The summed E-state index contributed by atoms with van der Waals surface area (Å²) in [5.74, 6) is -2.16. The molecule has 5 heteroatoms. The van der Waals surface area contributed by atoms with E-state index in [9.17, 15) is 13.6 Å². The third-order valence-corrected chi connectivity index (χ3v) is 3.03. The molecule has 0 atom stereocenters. The van der Waals surface area contributed by atoms with Gasteiger partial charge in [-0.2, -0.15) is 0 Å². The van der Waals surface area contributed by atoms with Gasteiger partial charge in [-0.15, -0.1) is 0 Å². The highest BCUT2D eigenvalue weighted by molar-refractivity contribution is 6.07. The number of hydrogen-bond acceptors (Lipinski definition) is 2. The number of anilines is 2. The molecule has 0 saturated carbocycles. The van der Waals surface area contributed by atoms with E-state index in [1.807, 2.05) is 6.07 Å². The summed E-state index contributed by atoms with van der Waals surface area (Å²) in [6, 6.07) is 7.03. The third kappa shape index (κ3) is 2.61. The van der Waals surface area contributed by atoms with Crippen molar-refractivity contribution in [3.8, 4) is 0 Å². The maximum absolute atomic E-state index is 13.7. The lowest BCUT2D eigenvalue weighted by Gasteiger charge is -2.12. The maximum Gasteiger partial charge on any atom is 0.256 e. The summed E-state index contributed by atoms with van der Waals surface area (Å²) in [6.45, 7) is 3.57. The molecule has 2 aromatic carbocycles. The first-order chi connectivity index (χ1) is 9.40. The molecular weight excluding hydrogens is 262 g/mol. The fraction of sp³-hybridized carbons (Fsp3) is 0.133. The van der Waals surface area contributed by atoms with E-state index in [4.69, 9.17) is 5.73 Å². The third-order valence-electron chi connectivity index (χ3n) is 3.03. The first-order valence-electron chi connectivity index (χ1n) is 6.02. The molecule has 0 aliphatic rings. The SMILES string of the molecule is Cc1cccc(C)c1C(=O)Nc1c(N)cc(F)cc1F. The van der Waals surface area contributed by atoms with E-state index in [0.29, 0.717) is 11.6 Å². The minimum atomic E-state index is -0.901. The number of nitrogens with two attached hydrogens (primary N) is 1. The molecule has 0 saturated heterocycles. The molecule has 0 aromatic heterocycles. The van der Waals surface area contributed by atoms with Crippen molar-refractivity contribution < 1.29 is 13.6 Å². The van der Waals surface area contributed by atoms with Gasteiger partial charge in [0, 0.05) is 11.6 Å². The Morgan fingerprint density at radius 2 is 1.75 bits per heavy atom. The van der Waals surface area contributed by atoms with Crippen LogP contribution in [-0.4, -0.2) is 5.91 Å². The van der Waals surface area contributed by atoms with Crippen LogP contribution in [0.4, 0.5) is 20.2 Å². The summed E-state index contributed by atoms with van der Waals surface area (Å²) >= 11 is 0. The van der Waals surface area contributed by atoms with Gasteiger partial charge in [-0.3, -0.25) is 4.79 Å². The van der Waals surface area contributed by atoms with Gasteiger partial charge in [-0.1, -0.05) is 18.2 Å². The summed E-state index contributed by atoms with van der Waals surface area (Å²) in [7, 11) is 0. The molecular formula is C15H14F2N2O. The van der Waals surface area contributed by atoms with Crippen LogP contribution >= 0.6 is 0 Å². The lowest BCUT2D eigenvalue weighted by atomic mass is 10.0. The van der Waals surface area contributed by atoms with E-state index >= 15 is 0 Å². The number of rotatable bonds is 2. The summed E-state index contributed by atoms with van der Waals surface area (Å²) < 4.78 is 26.6. The van der Waals surface area contributed by atoms with Crippen LogP contribution < -0.4 is 11.1 Å². The van der Waals surface area contributed by atoms with Gasteiger partial charge in [0.2, 0.25) is 0 Å². The zero-order chi connectivity index (χ0) is 14.9. The van der Waals surface area contributed by atoms with E-state index in [-0.39, 0.29) is 11.4 Å². The van der Waals surface area contributed by atoms with Gasteiger partial charge in [0.15, 0.2) is 5.82 Å². The normalized spacial score (nSPS) is 10.4. The standard InChI is InChI=1S/C15H14F2N2O/c1-8-4-3-5-9(2)13(8)15(20)19-14-11(17)6-10(16)7-12(14)18/h3-7H,18H2,1-2H3,(H,19,20). The number of aryl methyl sites for hydroxylation is 2. The molecule has 20 heavy (non-hydrogen) atoms. The number of carbonyl (C=O) groups excluding carboxylic acids is 1. The number of carbonyl (C=O) groups is 1. The highest BCUT2D eigenvalue weighted by Gasteiger charge is 2.16. The van der Waals surface area contributed by atoms with Gasteiger partial charge in [0.25, 0.3) is 5.91 Å². The molecule has 3 N–H and O–H groups in total. The summed E-state index contributed by atoms with van der Waals surface area (Å²) in [6.07, 6.45) is 0. The van der Waals surface area contributed by atoms with E-state index in [1.54, 1.807) is 26.0 Å². The topological polar surface area (TPSA) is 55.1 Å². The number of halogens is 2. The Morgan fingerprint density at radius 1 is 1.15 bits per heavy atom. The molecule has 0 spiro atoms. The van der Waals surface area contributed by atoms with Crippen LogP contribution in [0.3, 0.4) is 0 Å². The number of benzene rings is 2. The fourth-order valence-corrected chi connectivity index (χ4v) is 2.07. The van der Waals surface area contributed by atoms with Crippen molar-refractivity contribution in [3.63, 3.8) is 0 Å². The molecule has 3 nitrogen and oxygen atoms in total. The zero-order valence-electron chi connectivity index (χ0n) is 11.1. The second kappa shape index (κ2) is 5.28. The van der Waals surface area contributed by atoms with Crippen LogP contribution in [0.1, 0.15) is 21.5 Å². The monoisotopic (exact) mass is 276 g/mol. The average molecular weight is 276 g/mol. The molecule has 0 fully saturated rings. The highest BCUT2D eigenvalue weighted by atomic mass is 19.1. The number of nitrogens with one attached hydrogen (secondary N) is 1. The van der Waals surface area contributed by atoms with Crippen molar-refractivity contribution in [1.29, 1.82) is 0 Å². The summed E-state index contributed by atoms with van der Waals surface area (Å²) in [5, 5.41) is 2.40. The average Bonchev–Trinajstić information content (AvgIpc) is 2.33. The molecule has 2 aromatic rings. The minimum Gasteiger partial charge on any atom is -0.397 e. The van der Waals surface area contributed by atoms with Gasteiger partial charge in [-0.25, -0.2) is 8.78 Å². The Kier molecular flexibility index (Phi) is 3.70. The molecule has 0 heterocycles. The predicted molar refractivity (Wildman–Crippen MR) is 74.6 cm³/mol. The van der Waals surface area contributed by atoms with E-state index in [0.717, 1.165) is 17.2 Å². The van der Waals surface area contributed by atoms with Crippen LogP contribution in [0.5, 0.6) is 0 Å². The second-order valence-corrected chi connectivity index (χ2v) is 4.57. The van der Waals surface area contributed by atoms with Crippen molar-refractivity contribution in [2.45, 2.75) is 13.8 Å². The Morgan fingerprint density at radius 3 is 2.30 bits per heavy atom. The largest absolute Gasteiger partial charge is 0.397 e. The highest BCUT2D eigenvalue weighted by Crippen LogP contribution is 2.25. The van der Waals surface area contributed by atoms with E-state index in [2.05, 4.69) is 5.32 Å². The number of nitrogen functional groups attached to an aromatic ring is 1. The summed E-state index contributed by atoms with van der Waals surface area (Å²) in [4.78, 5) is 12.2. The number of hydrogen-bond donors (Lipinski definition) is 2. The van der Waals surface area contributed by atoms with E-state index < -0.39 is 17.5 Å². The van der Waals surface area contributed by atoms with Gasteiger partial charge >= 0.3 is 0 Å². The Hall–Kier alpha value is -2.43. The fourth-order valence-electron chi connectivity index (χ4n) is 2.07. The molecule has 0 unspecified atom stereocenters. The smallest absolute Gasteiger partial charge is 0.256 e. The second-order valence-electron chi connectivity index (χ2n) is 4.57. The summed E-state index contributed by atoms with van der Waals surface area (Å²) in [5.41, 5.74) is 7.16. The maximum atomic E-state index is 13.7. The van der Waals surface area contributed by atoms with E-state index in [1.165, 1.54) is 0 Å². The molecule has 0 aliphatic heterocycles. The Balaban J connectivity index is 2.38. The molecule has 2 rings (SSSR count). The molecule has 0 bridgehead atoms. The zero-order valence-corrected chi connectivity index (χ0v) is 11.1. The molecule has 0 radical (unpaired) electrons. The van der Waals surface area contributed by atoms with Crippen LogP contribution in [0.25, 0.3) is 0 Å². The lowest BCUT2D eigenvalue weighted by molar-refractivity contribution is 0.102. The van der Waals surface area contributed by atoms with Crippen molar-refractivity contribution in [2.24, 2.45) is 0 Å². The van der Waals surface area contributed by atoms with Gasteiger partial charge < -0.3 is 11.1 Å². The lowest BCUT2D eigenvalue weighted by Crippen LogP contribution is -2.17. The first kappa shape index (κ1) is 14.0. The quantitative estimate of drug-likeness (QED) is 0.826. The van der Waals surface area contributed by atoms with Crippen LogP contribution in [0.2, 0.25) is 0 Å². The van der Waals surface area contributed by atoms with Crippen molar-refractivity contribution in [1.82, 2.24) is 0 Å². The van der Waals surface area contributed by atoms with Crippen molar-refractivity contribution >= 4 is 17.3 Å². The van der Waals surface area contributed by atoms with Gasteiger partial charge in [0.05, 0.1) is 5.69 Å². The molecule has 104 valence electrons. The van der Waals surface area contributed by atoms with Crippen LogP contribution in [-0.2, 0) is 0 Å². The van der Waals surface area contributed by atoms with Crippen molar-refractivity contribution in [3.05, 3.63) is 58.7 Å². The Labute approximate surface area is 115 Å². The van der Waals surface area contributed by atoms with Crippen LogP contribution in [0, 0.1) is 25.5 Å². The Bertz CT molecular complexity index is 640. The molecule has 1 amide bonds. The van der Waals surface area contributed by atoms with Crippen LogP contribution in [0.15, 0.2) is 30.3 Å². The van der Waals surface area contributed by atoms with Gasteiger partial charge in [0.1, 0.15) is 11.5 Å². The molecule has 0 aliphatic carbocycles. The number of amides is 1. The van der Waals surface area contributed by atoms with Crippen molar-refractivity contribution in [2.75, 3.05) is 11.1 Å².